The Hall–Kier alpha value is -2.50. The van der Waals surface area contributed by atoms with E-state index in [1.807, 2.05) is 47.9 Å². The molecule has 2 aromatic carbocycles. The summed E-state index contributed by atoms with van der Waals surface area (Å²) in [5, 5.41) is 15.5. The van der Waals surface area contributed by atoms with Crippen LogP contribution >= 0.6 is 23.2 Å². The number of hydrogen-bond acceptors (Lipinski definition) is 3. The molecule has 0 aliphatic carbocycles. The Balaban J connectivity index is 2.12. The van der Waals surface area contributed by atoms with Crippen molar-refractivity contribution in [1.29, 1.82) is 0 Å². The first kappa shape index (κ1) is 18.3. The molecule has 1 aromatic heterocycles. The zero-order chi connectivity index (χ0) is 18.8. The van der Waals surface area contributed by atoms with Crippen molar-refractivity contribution in [3.63, 3.8) is 0 Å². The first-order chi connectivity index (χ1) is 12.3. The van der Waals surface area contributed by atoms with Crippen LogP contribution in [-0.2, 0) is 11.3 Å². The molecule has 0 amide bonds. The van der Waals surface area contributed by atoms with E-state index in [-0.39, 0.29) is 0 Å². The van der Waals surface area contributed by atoms with Crippen molar-refractivity contribution >= 4 is 51.8 Å². The number of aromatic nitrogens is 2. The summed E-state index contributed by atoms with van der Waals surface area (Å²) in [5.41, 5.74) is 3.39. The highest BCUT2D eigenvalue weighted by atomic mass is 35.5. The van der Waals surface area contributed by atoms with E-state index in [2.05, 4.69) is 5.10 Å². The molecule has 0 unspecified atom stereocenters. The molecular weight excluding hydrogens is 373 g/mol. The average molecular weight is 390 g/mol. The van der Waals surface area contributed by atoms with Gasteiger partial charge in [0.05, 0.1) is 17.8 Å². The highest BCUT2D eigenvalue weighted by Crippen LogP contribution is 2.27. The lowest BCUT2D eigenvalue weighted by Crippen LogP contribution is -2.09. The number of halogens is 2. The van der Waals surface area contributed by atoms with Crippen LogP contribution < -0.4 is 4.90 Å². The number of benzene rings is 2. The van der Waals surface area contributed by atoms with E-state index in [0.717, 1.165) is 28.2 Å². The van der Waals surface area contributed by atoms with Crippen LogP contribution in [0.15, 0.2) is 42.5 Å². The van der Waals surface area contributed by atoms with E-state index in [1.165, 1.54) is 6.08 Å². The normalized spacial score (nSPS) is 11.4. The van der Waals surface area contributed by atoms with E-state index >= 15 is 0 Å². The van der Waals surface area contributed by atoms with Crippen LogP contribution in [0.4, 0.5) is 5.69 Å². The molecule has 1 heterocycles. The highest BCUT2D eigenvalue weighted by molar-refractivity contribution is 6.35. The Morgan fingerprint density at radius 1 is 1.23 bits per heavy atom. The molecule has 134 valence electrons. The third-order valence-electron chi connectivity index (χ3n) is 4.00. The van der Waals surface area contributed by atoms with E-state index in [4.69, 9.17) is 28.3 Å². The topological polar surface area (TPSA) is 58.4 Å². The molecular formula is C19H17Cl2N3O2. The number of hydrogen-bond donors (Lipinski definition) is 1. The Morgan fingerprint density at radius 2 is 2.00 bits per heavy atom. The van der Waals surface area contributed by atoms with Crippen LogP contribution in [0.5, 0.6) is 0 Å². The number of carboxylic acids is 1. The van der Waals surface area contributed by atoms with E-state index < -0.39 is 5.97 Å². The van der Waals surface area contributed by atoms with Crippen LogP contribution in [0, 0.1) is 0 Å². The summed E-state index contributed by atoms with van der Waals surface area (Å²) in [6.45, 7) is 0.449. The van der Waals surface area contributed by atoms with Crippen molar-refractivity contribution in [2.45, 2.75) is 6.54 Å². The maximum atomic E-state index is 10.9. The zero-order valence-electron chi connectivity index (χ0n) is 14.3. The highest BCUT2D eigenvalue weighted by Gasteiger charge is 2.12. The minimum Gasteiger partial charge on any atom is -0.478 e. The Kier molecular flexibility index (Phi) is 5.20. The second-order valence-electron chi connectivity index (χ2n) is 6.05. The van der Waals surface area contributed by atoms with Crippen molar-refractivity contribution in [3.8, 4) is 0 Å². The molecule has 0 bridgehead atoms. The lowest BCUT2D eigenvalue weighted by atomic mass is 10.1. The summed E-state index contributed by atoms with van der Waals surface area (Å²) in [6.07, 6.45) is 2.58. The molecule has 0 saturated carbocycles. The molecule has 0 radical (unpaired) electrons. The second-order valence-corrected chi connectivity index (χ2v) is 6.89. The molecule has 7 heteroatoms. The van der Waals surface area contributed by atoms with Gasteiger partial charge in [-0.3, -0.25) is 4.68 Å². The second kappa shape index (κ2) is 7.40. The molecule has 0 spiro atoms. The fourth-order valence-corrected chi connectivity index (χ4v) is 3.14. The molecule has 1 N–H and O–H groups in total. The molecule has 3 aromatic rings. The largest absolute Gasteiger partial charge is 0.478 e. The average Bonchev–Trinajstić information content (AvgIpc) is 2.92. The fourth-order valence-electron chi connectivity index (χ4n) is 2.67. The van der Waals surface area contributed by atoms with Crippen LogP contribution in [-0.4, -0.2) is 35.0 Å². The van der Waals surface area contributed by atoms with Gasteiger partial charge in [-0.25, -0.2) is 4.79 Å². The summed E-state index contributed by atoms with van der Waals surface area (Å²) in [6, 6.07) is 11.3. The third kappa shape index (κ3) is 3.84. The van der Waals surface area contributed by atoms with E-state index in [9.17, 15) is 4.79 Å². The van der Waals surface area contributed by atoms with Gasteiger partial charge in [-0.15, -0.1) is 0 Å². The monoisotopic (exact) mass is 389 g/mol. The minimum absolute atomic E-state index is 0.449. The lowest BCUT2D eigenvalue weighted by Gasteiger charge is -2.13. The Bertz CT molecular complexity index is 1010. The maximum Gasteiger partial charge on any atom is 0.328 e. The smallest absolute Gasteiger partial charge is 0.328 e. The molecule has 5 nitrogen and oxygen atoms in total. The Morgan fingerprint density at radius 3 is 2.65 bits per heavy atom. The predicted molar refractivity (Wildman–Crippen MR) is 106 cm³/mol. The molecule has 0 fully saturated rings. The first-order valence-electron chi connectivity index (χ1n) is 7.88. The van der Waals surface area contributed by atoms with Crippen LogP contribution in [0.25, 0.3) is 17.0 Å². The van der Waals surface area contributed by atoms with Gasteiger partial charge < -0.3 is 10.0 Å². The minimum atomic E-state index is -1.02. The third-order valence-corrected chi connectivity index (χ3v) is 4.59. The van der Waals surface area contributed by atoms with Crippen LogP contribution in [0.3, 0.4) is 0 Å². The van der Waals surface area contributed by atoms with Crippen molar-refractivity contribution in [2.24, 2.45) is 0 Å². The lowest BCUT2D eigenvalue weighted by molar-refractivity contribution is -0.131. The number of rotatable bonds is 5. The number of anilines is 1. The van der Waals surface area contributed by atoms with Crippen molar-refractivity contribution < 1.29 is 9.90 Å². The zero-order valence-corrected chi connectivity index (χ0v) is 15.8. The SMILES string of the molecule is CN(C)c1ccc2c(/C=C/C(=O)O)nn(Cc3ccc(Cl)cc3Cl)c2c1. The van der Waals surface area contributed by atoms with Crippen molar-refractivity contribution in [2.75, 3.05) is 19.0 Å². The quantitative estimate of drug-likeness (QED) is 0.650. The van der Waals surface area contributed by atoms with Gasteiger partial charge in [0.15, 0.2) is 0 Å². The van der Waals surface area contributed by atoms with Gasteiger partial charge in [0.1, 0.15) is 0 Å². The summed E-state index contributed by atoms with van der Waals surface area (Å²) in [5.74, 6) is -1.02. The molecule has 26 heavy (non-hydrogen) atoms. The van der Waals surface area contributed by atoms with Gasteiger partial charge in [-0.2, -0.15) is 5.10 Å². The van der Waals surface area contributed by atoms with Gasteiger partial charge in [0, 0.05) is 41.3 Å². The number of aliphatic carboxylic acids is 1. The van der Waals surface area contributed by atoms with Gasteiger partial charge in [-0.1, -0.05) is 29.3 Å². The standard InChI is InChI=1S/C19H17Cl2N3O2/c1-23(2)14-5-6-15-17(7-8-19(25)26)22-24(18(15)10-14)11-12-3-4-13(20)9-16(12)21/h3-10H,11H2,1-2H3,(H,25,26)/b8-7+. The first-order valence-corrected chi connectivity index (χ1v) is 8.63. The number of nitrogens with zero attached hydrogens (tertiary/aromatic N) is 3. The van der Waals surface area contributed by atoms with Gasteiger partial charge in [-0.05, 0) is 42.0 Å². The number of carbonyl (C=O) groups is 1. The molecule has 0 atom stereocenters. The molecule has 0 saturated heterocycles. The van der Waals surface area contributed by atoms with E-state index in [1.54, 1.807) is 12.1 Å². The molecule has 0 aliphatic heterocycles. The number of carboxylic acid groups (broad SMARTS) is 1. The van der Waals surface area contributed by atoms with Crippen LogP contribution in [0.2, 0.25) is 10.0 Å². The van der Waals surface area contributed by atoms with Crippen molar-refractivity contribution in [1.82, 2.24) is 9.78 Å². The van der Waals surface area contributed by atoms with Crippen molar-refractivity contribution in [3.05, 3.63) is 63.8 Å². The maximum absolute atomic E-state index is 10.9. The summed E-state index contributed by atoms with van der Waals surface area (Å²) in [4.78, 5) is 12.9. The fraction of sp³-hybridized carbons (Fsp3) is 0.158. The summed E-state index contributed by atoms with van der Waals surface area (Å²) < 4.78 is 1.82. The molecule has 3 rings (SSSR count). The summed E-state index contributed by atoms with van der Waals surface area (Å²) in [7, 11) is 3.92. The van der Waals surface area contributed by atoms with Gasteiger partial charge in [0.25, 0.3) is 0 Å². The van der Waals surface area contributed by atoms with Crippen LogP contribution in [0.1, 0.15) is 11.3 Å². The van der Waals surface area contributed by atoms with E-state index in [0.29, 0.717) is 22.3 Å². The Labute approximate surface area is 161 Å². The van der Waals surface area contributed by atoms with Gasteiger partial charge >= 0.3 is 5.97 Å². The predicted octanol–water partition coefficient (Wildman–Crippen LogP) is 4.56. The van der Waals surface area contributed by atoms with Gasteiger partial charge in [0.2, 0.25) is 0 Å². The molecule has 0 aliphatic rings. The summed E-state index contributed by atoms with van der Waals surface area (Å²) >= 11 is 12.3. The number of fused-ring (bicyclic) bond motifs is 1.